The van der Waals surface area contributed by atoms with E-state index in [1.165, 1.54) is 0 Å². The minimum absolute atomic E-state index is 0.148. The molecule has 5 nitrogen and oxygen atoms in total. The molecule has 0 saturated carbocycles. The normalized spacial score (nSPS) is 17.9. The van der Waals surface area contributed by atoms with Crippen molar-refractivity contribution in [1.82, 2.24) is 10.5 Å². The Morgan fingerprint density at radius 1 is 1.53 bits per heavy atom. The molecule has 1 aromatic rings. The lowest BCUT2D eigenvalue weighted by Gasteiger charge is -2.20. The van der Waals surface area contributed by atoms with Crippen molar-refractivity contribution < 1.29 is 14.4 Å². The maximum Gasteiger partial charge on any atom is 0.359 e. The molecule has 2 rings (SSSR count). The molecule has 2 heterocycles. The second-order valence-electron chi connectivity index (χ2n) is 3.54. The maximum atomic E-state index is 10.7. The number of carboxylic acids is 1. The van der Waals surface area contributed by atoms with Crippen LogP contribution in [0.1, 0.15) is 35.0 Å². The monoisotopic (exact) mass is 230 g/mol. The van der Waals surface area contributed by atoms with Crippen molar-refractivity contribution in [3.8, 4) is 0 Å². The molecular weight excluding hydrogens is 220 g/mol. The van der Waals surface area contributed by atoms with Gasteiger partial charge in [-0.15, -0.1) is 0 Å². The zero-order valence-corrected chi connectivity index (χ0v) is 8.75. The average molecular weight is 231 g/mol. The molecule has 6 heteroatoms. The Morgan fingerprint density at radius 2 is 2.20 bits per heavy atom. The van der Waals surface area contributed by atoms with Crippen LogP contribution in [0.5, 0.6) is 0 Å². The second-order valence-corrected chi connectivity index (χ2v) is 3.92. The van der Waals surface area contributed by atoms with Crippen LogP contribution in [0.15, 0.2) is 4.52 Å². The first-order valence-electron chi connectivity index (χ1n) is 4.79. The van der Waals surface area contributed by atoms with Gasteiger partial charge in [0.1, 0.15) is 5.02 Å². The van der Waals surface area contributed by atoms with Crippen molar-refractivity contribution in [2.45, 2.75) is 18.8 Å². The van der Waals surface area contributed by atoms with Gasteiger partial charge in [0.05, 0.1) is 0 Å². The smallest absolute Gasteiger partial charge is 0.359 e. The van der Waals surface area contributed by atoms with Gasteiger partial charge in [-0.2, -0.15) is 0 Å². The summed E-state index contributed by atoms with van der Waals surface area (Å²) in [5, 5.41) is 15.6. The van der Waals surface area contributed by atoms with E-state index >= 15 is 0 Å². The zero-order valence-electron chi connectivity index (χ0n) is 7.99. The Hall–Kier alpha value is -1.07. The highest BCUT2D eigenvalue weighted by Gasteiger charge is 2.27. The van der Waals surface area contributed by atoms with E-state index < -0.39 is 5.97 Å². The van der Waals surface area contributed by atoms with E-state index in [0.29, 0.717) is 5.76 Å². The van der Waals surface area contributed by atoms with Crippen LogP contribution in [0.3, 0.4) is 0 Å². The minimum atomic E-state index is -1.15. The van der Waals surface area contributed by atoms with Gasteiger partial charge in [-0.05, 0) is 25.9 Å². The van der Waals surface area contributed by atoms with Gasteiger partial charge in [-0.1, -0.05) is 16.8 Å². The van der Waals surface area contributed by atoms with Crippen molar-refractivity contribution in [1.29, 1.82) is 0 Å². The van der Waals surface area contributed by atoms with Gasteiger partial charge in [0.15, 0.2) is 5.76 Å². The lowest BCUT2D eigenvalue weighted by atomic mass is 9.95. The largest absolute Gasteiger partial charge is 0.476 e. The van der Waals surface area contributed by atoms with Crippen LogP contribution in [0.25, 0.3) is 0 Å². The summed E-state index contributed by atoms with van der Waals surface area (Å²) in [4.78, 5) is 10.7. The number of hydrogen-bond donors (Lipinski definition) is 2. The fourth-order valence-corrected chi connectivity index (χ4v) is 2.07. The van der Waals surface area contributed by atoms with Crippen LogP contribution < -0.4 is 5.32 Å². The molecule has 1 aromatic heterocycles. The molecule has 2 N–H and O–H groups in total. The van der Waals surface area contributed by atoms with Crippen molar-refractivity contribution in [2.24, 2.45) is 0 Å². The van der Waals surface area contributed by atoms with Crippen LogP contribution in [-0.4, -0.2) is 29.3 Å². The first kappa shape index (κ1) is 10.4. The van der Waals surface area contributed by atoms with Gasteiger partial charge in [0.2, 0.25) is 5.69 Å². The van der Waals surface area contributed by atoms with Crippen molar-refractivity contribution in [3.63, 3.8) is 0 Å². The molecule has 0 radical (unpaired) electrons. The Labute approximate surface area is 91.4 Å². The average Bonchev–Trinajstić information content (AvgIpc) is 2.61. The van der Waals surface area contributed by atoms with Crippen LogP contribution in [-0.2, 0) is 0 Å². The van der Waals surface area contributed by atoms with Gasteiger partial charge in [-0.3, -0.25) is 0 Å². The third-order valence-electron chi connectivity index (χ3n) is 2.57. The quantitative estimate of drug-likeness (QED) is 0.805. The van der Waals surface area contributed by atoms with E-state index in [0.717, 1.165) is 25.9 Å². The maximum absolute atomic E-state index is 10.7. The van der Waals surface area contributed by atoms with Gasteiger partial charge >= 0.3 is 5.97 Å². The summed E-state index contributed by atoms with van der Waals surface area (Å²) in [5.74, 6) is -0.459. The van der Waals surface area contributed by atoms with Crippen LogP contribution in [0, 0.1) is 0 Å². The number of aromatic carboxylic acids is 1. The zero-order chi connectivity index (χ0) is 10.8. The van der Waals surface area contributed by atoms with Crippen LogP contribution in [0.4, 0.5) is 0 Å². The molecule has 0 aromatic carbocycles. The van der Waals surface area contributed by atoms with E-state index in [2.05, 4.69) is 10.5 Å². The Morgan fingerprint density at radius 3 is 2.73 bits per heavy atom. The minimum Gasteiger partial charge on any atom is -0.476 e. The summed E-state index contributed by atoms with van der Waals surface area (Å²) in [7, 11) is 0. The first-order chi connectivity index (χ1) is 7.20. The molecule has 0 amide bonds. The third-order valence-corrected chi connectivity index (χ3v) is 2.94. The number of hydrogen-bond acceptors (Lipinski definition) is 4. The molecule has 15 heavy (non-hydrogen) atoms. The predicted molar refractivity (Wildman–Crippen MR) is 53.3 cm³/mol. The SMILES string of the molecule is O=C(O)c1noc(C2CCNCC2)c1Cl. The summed E-state index contributed by atoms with van der Waals surface area (Å²) < 4.78 is 5.01. The number of halogens is 1. The lowest BCUT2D eigenvalue weighted by Crippen LogP contribution is -2.26. The molecule has 1 aliphatic rings. The fraction of sp³-hybridized carbons (Fsp3) is 0.556. The molecule has 0 atom stereocenters. The van der Waals surface area contributed by atoms with Gasteiger partial charge in [-0.25, -0.2) is 4.79 Å². The van der Waals surface area contributed by atoms with Gasteiger partial charge in [0.25, 0.3) is 0 Å². The van der Waals surface area contributed by atoms with Crippen molar-refractivity contribution in [2.75, 3.05) is 13.1 Å². The molecule has 1 aliphatic heterocycles. The predicted octanol–water partition coefficient (Wildman–Crippen LogP) is 1.49. The van der Waals surface area contributed by atoms with E-state index in [1.807, 2.05) is 0 Å². The topological polar surface area (TPSA) is 75.4 Å². The summed E-state index contributed by atoms with van der Waals surface area (Å²) in [5.41, 5.74) is -0.190. The van der Waals surface area contributed by atoms with E-state index in [9.17, 15) is 4.79 Å². The van der Waals surface area contributed by atoms with Gasteiger partial charge in [0, 0.05) is 5.92 Å². The summed E-state index contributed by atoms with van der Waals surface area (Å²) in [6.07, 6.45) is 1.79. The highest BCUT2D eigenvalue weighted by molar-refractivity contribution is 6.33. The number of nitrogens with zero attached hydrogens (tertiary/aromatic N) is 1. The van der Waals surface area contributed by atoms with Gasteiger partial charge < -0.3 is 14.9 Å². The molecule has 0 spiro atoms. The molecule has 1 saturated heterocycles. The molecule has 0 aliphatic carbocycles. The highest BCUT2D eigenvalue weighted by Crippen LogP contribution is 2.32. The number of piperidine rings is 1. The fourth-order valence-electron chi connectivity index (χ4n) is 1.76. The number of carboxylic acid groups (broad SMARTS) is 1. The second kappa shape index (κ2) is 4.20. The number of nitrogens with one attached hydrogen (secondary N) is 1. The van der Waals surface area contributed by atoms with Crippen molar-refractivity contribution >= 4 is 17.6 Å². The Kier molecular flexibility index (Phi) is 2.93. The molecule has 1 fully saturated rings. The first-order valence-corrected chi connectivity index (χ1v) is 5.17. The number of carbonyl (C=O) groups is 1. The Balaban J connectivity index is 2.24. The van der Waals surface area contributed by atoms with Crippen LogP contribution in [0.2, 0.25) is 5.02 Å². The van der Waals surface area contributed by atoms with Crippen molar-refractivity contribution in [3.05, 3.63) is 16.5 Å². The van der Waals surface area contributed by atoms with E-state index in [-0.39, 0.29) is 16.6 Å². The number of aromatic nitrogens is 1. The Bertz CT molecular complexity index is 371. The third kappa shape index (κ3) is 1.98. The highest BCUT2D eigenvalue weighted by atomic mass is 35.5. The summed E-state index contributed by atoms with van der Waals surface area (Å²) in [6, 6.07) is 0. The number of rotatable bonds is 2. The van der Waals surface area contributed by atoms with E-state index in [4.69, 9.17) is 21.2 Å². The summed E-state index contributed by atoms with van der Waals surface area (Å²) in [6.45, 7) is 1.79. The standard InChI is InChI=1S/C9H11ClN2O3/c10-6-7(9(13)14)12-15-8(6)5-1-3-11-4-2-5/h5,11H,1-4H2,(H,13,14). The summed E-state index contributed by atoms with van der Waals surface area (Å²) >= 11 is 5.90. The molecular formula is C9H11ClN2O3. The molecule has 82 valence electrons. The molecule has 0 unspecified atom stereocenters. The van der Waals surface area contributed by atoms with Crippen LogP contribution >= 0.6 is 11.6 Å². The molecule has 0 bridgehead atoms. The lowest BCUT2D eigenvalue weighted by molar-refractivity contribution is 0.0685. The van der Waals surface area contributed by atoms with E-state index in [1.54, 1.807) is 0 Å².